The Balaban J connectivity index is 1.86. The van der Waals surface area contributed by atoms with Crippen molar-refractivity contribution in [3.8, 4) is 0 Å². The maximum absolute atomic E-state index is 6.23. The second-order valence-corrected chi connectivity index (χ2v) is 6.10. The molecule has 0 amide bonds. The summed E-state index contributed by atoms with van der Waals surface area (Å²) >= 11 is 0. The Labute approximate surface area is 113 Å². The molecule has 19 heavy (non-hydrogen) atoms. The van der Waals surface area contributed by atoms with Crippen LogP contribution in [0.2, 0.25) is 0 Å². The quantitative estimate of drug-likeness (QED) is 0.840. The molecule has 0 spiro atoms. The van der Waals surface area contributed by atoms with E-state index in [2.05, 4.69) is 27.7 Å². The standard InChI is InChI=1S/C15H20N4/c1-10-6-7-18(9-10)15-12-8-17-19(11-2-3-11)14(12)5-4-13(15)16/h4-5,8,10-11H,2-3,6-7,9,16H2,1H3/t10-/m0/s1. The molecule has 0 radical (unpaired) electrons. The van der Waals surface area contributed by atoms with E-state index >= 15 is 0 Å². The molecule has 100 valence electrons. The molecule has 2 aliphatic rings. The van der Waals surface area contributed by atoms with Crippen LogP contribution in [-0.2, 0) is 0 Å². The Morgan fingerprint density at radius 3 is 2.79 bits per heavy atom. The predicted octanol–water partition coefficient (Wildman–Crippen LogP) is 2.80. The van der Waals surface area contributed by atoms with Crippen LogP contribution in [0.15, 0.2) is 18.3 Å². The Morgan fingerprint density at radius 2 is 2.11 bits per heavy atom. The summed E-state index contributed by atoms with van der Waals surface area (Å²) in [5.74, 6) is 0.758. The lowest BCUT2D eigenvalue weighted by Crippen LogP contribution is -2.20. The number of hydrogen-bond donors (Lipinski definition) is 1. The number of benzene rings is 1. The number of nitrogen functional groups attached to an aromatic ring is 1. The summed E-state index contributed by atoms with van der Waals surface area (Å²) in [5, 5.41) is 5.81. The van der Waals surface area contributed by atoms with Crippen LogP contribution in [0.25, 0.3) is 10.9 Å². The minimum absolute atomic E-state index is 0.617. The van der Waals surface area contributed by atoms with E-state index in [4.69, 9.17) is 5.73 Å². The summed E-state index contributed by atoms with van der Waals surface area (Å²) in [6.07, 6.45) is 5.78. The summed E-state index contributed by atoms with van der Waals surface area (Å²) in [4.78, 5) is 2.43. The number of nitrogens with two attached hydrogens (primary N) is 1. The number of nitrogens with zero attached hydrogens (tertiary/aromatic N) is 3. The third-order valence-electron chi connectivity index (χ3n) is 4.42. The van der Waals surface area contributed by atoms with Gasteiger partial charge in [0.1, 0.15) is 0 Å². The summed E-state index contributed by atoms with van der Waals surface area (Å²) in [7, 11) is 0. The fraction of sp³-hybridized carbons (Fsp3) is 0.533. The zero-order chi connectivity index (χ0) is 13.0. The molecule has 1 saturated carbocycles. The average molecular weight is 256 g/mol. The van der Waals surface area contributed by atoms with Gasteiger partial charge >= 0.3 is 0 Å². The normalized spacial score (nSPS) is 23.4. The highest BCUT2D eigenvalue weighted by Crippen LogP contribution is 2.41. The maximum Gasteiger partial charge on any atom is 0.0711 e. The van der Waals surface area contributed by atoms with Crippen LogP contribution in [0.5, 0.6) is 0 Å². The predicted molar refractivity (Wildman–Crippen MR) is 78.4 cm³/mol. The SMILES string of the molecule is C[C@H]1CCN(c2c(N)ccc3c2cnn3C2CC2)C1. The lowest BCUT2D eigenvalue weighted by Gasteiger charge is -2.21. The van der Waals surface area contributed by atoms with Gasteiger partial charge in [-0.25, -0.2) is 0 Å². The molecule has 2 fully saturated rings. The van der Waals surface area contributed by atoms with Gasteiger partial charge in [-0.2, -0.15) is 5.10 Å². The van der Waals surface area contributed by atoms with Crippen molar-refractivity contribution in [2.75, 3.05) is 23.7 Å². The monoisotopic (exact) mass is 256 g/mol. The molecule has 2 aromatic rings. The molecular formula is C15H20N4. The fourth-order valence-corrected chi connectivity index (χ4v) is 3.22. The summed E-state index contributed by atoms with van der Waals surface area (Å²) < 4.78 is 2.18. The first kappa shape index (κ1) is 11.1. The molecule has 1 aromatic heterocycles. The fourth-order valence-electron chi connectivity index (χ4n) is 3.22. The van der Waals surface area contributed by atoms with E-state index < -0.39 is 0 Å². The minimum atomic E-state index is 0.617. The lowest BCUT2D eigenvalue weighted by atomic mass is 10.1. The topological polar surface area (TPSA) is 47.1 Å². The molecule has 1 saturated heterocycles. The van der Waals surface area contributed by atoms with E-state index in [-0.39, 0.29) is 0 Å². The van der Waals surface area contributed by atoms with Crippen molar-refractivity contribution in [2.45, 2.75) is 32.2 Å². The molecule has 2 N–H and O–H groups in total. The van der Waals surface area contributed by atoms with E-state index in [0.717, 1.165) is 24.7 Å². The van der Waals surface area contributed by atoms with Crippen molar-refractivity contribution in [1.29, 1.82) is 0 Å². The molecule has 0 unspecified atom stereocenters. The van der Waals surface area contributed by atoms with Crippen LogP contribution >= 0.6 is 0 Å². The van der Waals surface area contributed by atoms with Crippen molar-refractivity contribution in [3.63, 3.8) is 0 Å². The third-order valence-corrected chi connectivity index (χ3v) is 4.42. The summed E-state index contributed by atoms with van der Waals surface area (Å²) in [6, 6.07) is 4.78. The van der Waals surface area contributed by atoms with Gasteiger partial charge in [0.15, 0.2) is 0 Å². The van der Waals surface area contributed by atoms with Gasteiger partial charge in [-0.1, -0.05) is 6.92 Å². The van der Waals surface area contributed by atoms with Crippen LogP contribution in [-0.4, -0.2) is 22.9 Å². The Morgan fingerprint density at radius 1 is 1.26 bits per heavy atom. The average Bonchev–Trinajstić information content (AvgIpc) is 3.01. The van der Waals surface area contributed by atoms with E-state index in [1.165, 1.54) is 35.9 Å². The highest BCUT2D eigenvalue weighted by atomic mass is 15.3. The molecule has 4 heteroatoms. The van der Waals surface area contributed by atoms with Gasteiger partial charge < -0.3 is 10.6 Å². The number of hydrogen-bond acceptors (Lipinski definition) is 3. The van der Waals surface area contributed by atoms with E-state index in [1.807, 2.05) is 12.3 Å². The van der Waals surface area contributed by atoms with Crippen molar-refractivity contribution < 1.29 is 0 Å². The first-order valence-electron chi connectivity index (χ1n) is 7.24. The molecule has 1 aliphatic carbocycles. The highest BCUT2D eigenvalue weighted by Gasteiger charge is 2.28. The molecule has 4 rings (SSSR count). The van der Waals surface area contributed by atoms with Gasteiger partial charge in [0.05, 0.1) is 29.1 Å². The third kappa shape index (κ3) is 1.70. The zero-order valence-corrected chi connectivity index (χ0v) is 11.3. The van der Waals surface area contributed by atoms with Gasteiger partial charge in [-0.15, -0.1) is 0 Å². The minimum Gasteiger partial charge on any atom is -0.397 e. The first-order valence-corrected chi connectivity index (χ1v) is 7.24. The van der Waals surface area contributed by atoms with Crippen LogP contribution < -0.4 is 10.6 Å². The van der Waals surface area contributed by atoms with Gasteiger partial charge in [0.2, 0.25) is 0 Å². The van der Waals surface area contributed by atoms with Crippen LogP contribution in [0.3, 0.4) is 0 Å². The number of aromatic nitrogens is 2. The smallest absolute Gasteiger partial charge is 0.0711 e. The second kappa shape index (κ2) is 3.89. The maximum atomic E-state index is 6.23. The van der Waals surface area contributed by atoms with E-state index in [1.54, 1.807) is 0 Å². The molecule has 4 nitrogen and oxygen atoms in total. The molecule has 1 aliphatic heterocycles. The van der Waals surface area contributed by atoms with E-state index in [0.29, 0.717) is 6.04 Å². The lowest BCUT2D eigenvalue weighted by molar-refractivity contribution is 0.659. The second-order valence-electron chi connectivity index (χ2n) is 6.10. The Bertz CT molecular complexity index is 626. The number of anilines is 2. The first-order chi connectivity index (χ1) is 9.24. The highest BCUT2D eigenvalue weighted by molar-refractivity contribution is 5.98. The Hall–Kier alpha value is -1.71. The van der Waals surface area contributed by atoms with Crippen molar-refractivity contribution in [3.05, 3.63) is 18.3 Å². The van der Waals surface area contributed by atoms with Crippen molar-refractivity contribution >= 4 is 22.3 Å². The number of rotatable bonds is 2. The van der Waals surface area contributed by atoms with Crippen molar-refractivity contribution in [2.24, 2.45) is 5.92 Å². The van der Waals surface area contributed by atoms with E-state index in [9.17, 15) is 0 Å². The summed E-state index contributed by atoms with van der Waals surface area (Å²) in [6.45, 7) is 4.53. The van der Waals surface area contributed by atoms with Gasteiger partial charge in [0, 0.05) is 18.5 Å². The van der Waals surface area contributed by atoms with Crippen LogP contribution in [0, 0.1) is 5.92 Å². The number of fused-ring (bicyclic) bond motifs is 1. The molecule has 1 atom stereocenters. The largest absolute Gasteiger partial charge is 0.397 e. The Kier molecular flexibility index (Phi) is 2.28. The van der Waals surface area contributed by atoms with Gasteiger partial charge in [-0.3, -0.25) is 4.68 Å². The summed E-state index contributed by atoms with van der Waals surface area (Å²) in [5.41, 5.74) is 9.56. The molecular weight excluding hydrogens is 236 g/mol. The van der Waals surface area contributed by atoms with Gasteiger partial charge in [-0.05, 0) is 37.3 Å². The molecule has 1 aromatic carbocycles. The van der Waals surface area contributed by atoms with Gasteiger partial charge in [0.25, 0.3) is 0 Å². The zero-order valence-electron chi connectivity index (χ0n) is 11.3. The van der Waals surface area contributed by atoms with Crippen LogP contribution in [0.1, 0.15) is 32.2 Å². The van der Waals surface area contributed by atoms with Crippen LogP contribution in [0.4, 0.5) is 11.4 Å². The molecule has 2 heterocycles. The van der Waals surface area contributed by atoms with Crippen molar-refractivity contribution in [1.82, 2.24) is 9.78 Å². The molecule has 0 bridgehead atoms.